The summed E-state index contributed by atoms with van der Waals surface area (Å²) in [5.74, 6) is 0. The van der Waals surface area contributed by atoms with Crippen molar-refractivity contribution < 1.29 is 0 Å². The number of nitrogens with one attached hydrogen (secondary N) is 1. The Morgan fingerprint density at radius 1 is 0.950 bits per heavy atom. The van der Waals surface area contributed by atoms with Crippen molar-refractivity contribution in [1.82, 2.24) is 4.98 Å². The van der Waals surface area contributed by atoms with Crippen LogP contribution >= 0.6 is 11.8 Å². The Hall–Kier alpha value is -2.00. The van der Waals surface area contributed by atoms with Crippen molar-refractivity contribution in [3.8, 4) is 0 Å². The number of rotatable bonds is 4. The zero-order chi connectivity index (χ0) is 13.8. The molecule has 1 heterocycles. The lowest BCUT2D eigenvalue weighted by molar-refractivity contribution is 1.07. The first-order valence-corrected chi connectivity index (χ1v) is 7.80. The molecule has 0 spiro atoms. The number of para-hydroxylation sites is 1. The first-order chi connectivity index (χ1) is 9.85. The highest BCUT2D eigenvalue weighted by molar-refractivity contribution is 7.98. The second kappa shape index (κ2) is 5.97. The molecule has 2 aromatic carbocycles. The van der Waals surface area contributed by atoms with Gasteiger partial charge in [-0.15, -0.1) is 11.8 Å². The van der Waals surface area contributed by atoms with E-state index >= 15 is 0 Å². The Kier molecular flexibility index (Phi) is 3.88. The molecule has 0 saturated carbocycles. The minimum absolute atomic E-state index is 0.740. The van der Waals surface area contributed by atoms with Gasteiger partial charge in [0, 0.05) is 16.0 Å². The summed E-state index contributed by atoms with van der Waals surface area (Å²) in [5, 5.41) is 4.59. The topological polar surface area (TPSA) is 24.9 Å². The van der Waals surface area contributed by atoms with E-state index in [1.807, 2.05) is 18.2 Å². The van der Waals surface area contributed by atoms with E-state index < -0.39 is 0 Å². The molecule has 3 aromatic rings. The fourth-order valence-electron chi connectivity index (χ4n) is 2.11. The van der Waals surface area contributed by atoms with Crippen LogP contribution in [0, 0.1) is 0 Å². The molecule has 3 rings (SSSR count). The Morgan fingerprint density at radius 2 is 1.75 bits per heavy atom. The van der Waals surface area contributed by atoms with E-state index in [9.17, 15) is 0 Å². The second-order valence-electron chi connectivity index (χ2n) is 4.58. The van der Waals surface area contributed by atoms with Gasteiger partial charge in [0.1, 0.15) is 0 Å². The monoisotopic (exact) mass is 280 g/mol. The number of nitrogens with zero attached hydrogens (tertiary/aromatic N) is 1. The third-order valence-corrected chi connectivity index (χ3v) is 3.96. The van der Waals surface area contributed by atoms with Gasteiger partial charge in [-0.3, -0.25) is 4.98 Å². The average molecular weight is 280 g/mol. The third kappa shape index (κ3) is 2.94. The van der Waals surface area contributed by atoms with Crippen LogP contribution in [0.4, 0.5) is 5.69 Å². The van der Waals surface area contributed by atoms with Gasteiger partial charge < -0.3 is 5.32 Å². The van der Waals surface area contributed by atoms with Gasteiger partial charge in [0.05, 0.1) is 17.8 Å². The summed E-state index contributed by atoms with van der Waals surface area (Å²) in [5.41, 5.74) is 3.22. The fraction of sp³-hybridized carbons (Fsp3) is 0.118. The normalized spacial score (nSPS) is 10.7. The molecular weight excluding hydrogens is 264 g/mol. The van der Waals surface area contributed by atoms with Gasteiger partial charge in [-0.05, 0) is 42.7 Å². The number of pyridine rings is 1. The van der Waals surface area contributed by atoms with Gasteiger partial charge in [0.2, 0.25) is 0 Å². The van der Waals surface area contributed by atoms with Crippen LogP contribution in [-0.4, -0.2) is 11.2 Å². The van der Waals surface area contributed by atoms with Crippen molar-refractivity contribution in [2.75, 3.05) is 11.6 Å². The molecule has 1 N–H and O–H groups in total. The van der Waals surface area contributed by atoms with Crippen molar-refractivity contribution in [3.63, 3.8) is 0 Å². The van der Waals surface area contributed by atoms with Crippen molar-refractivity contribution in [2.45, 2.75) is 11.4 Å². The maximum absolute atomic E-state index is 4.66. The van der Waals surface area contributed by atoms with Crippen LogP contribution in [0.15, 0.2) is 65.6 Å². The molecule has 1 aromatic heterocycles. The van der Waals surface area contributed by atoms with E-state index in [1.54, 1.807) is 11.8 Å². The SMILES string of the molecule is CSc1ccc(NCc2ccc3ccccc3n2)cc1. The van der Waals surface area contributed by atoms with Crippen LogP contribution in [0.5, 0.6) is 0 Å². The van der Waals surface area contributed by atoms with Crippen LogP contribution in [0.1, 0.15) is 5.69 Å². The lowest BCUT2D eigenvalue weighted by Gasteiger charge is -2.07. The molecule has 0 aliphatic rings. The number of aromatic nitrogens is 1. The summed E-state index contributed by atoms with van der Waals surface area (Å²) >= 11 is 1.75. The molecule has 0 fully saturated rings. The maximum Gasteiger partial charge on any atom is 0.0706 e. The summed E-state index contributed by atoms with van der Waals surface area (Å²) in [7, 11) is 0. The van der Waals surface area contributed by atoms with Crippen LogP contribution in [0.2, 0.25) is 0 Å². The van der Waals surface area contributed by atoms with E-state index in [1.165, 1.54) is 10.3 Å². The number of thioether (sulfide) groups is 1. The van der Waals surface area contributed by atoms with Crippen LogP contribution < -0.4 is 5.32 Å². The van der Waals surface area contributed by atoms with Crippen LogP contribution in [0.25, 0.3) is 10.9 Å². The molecule has 2 nitrogen and oxygen atoms in total. The minimum Gasteiger partial charge on any atom is -0.379 e. The second-order valence-corrected chi connectivity index (χ2v) is 5.46. The first-order valence-electron chi connectivity index (χ1n) is 6.58. The minimum atomic E-state index is 0.740. The molecule has 0 saturated heterocycles. The molecule has 0 aliphatic heterocycles. The van der Waals surface area contributed by atoms with E-state index in [4.69, 9.17) is 0 Å². The smallest absolute Gasteiger partial charge is 0.0706 e. The molecule has 3 heteroatoms. The molecule has 100 valence electrons. The third-order valence-electron chi connectivity index (χ3n) is 3.22. The molecular formula is C17H16N2S. The van der Waals surface area contributed by atoms with Gasteiger partial charge in [-0.2, -0.15) is 0 Å². The quantitative estimate of drug-likeness (QED) is 0.709. The maximum atomic E-state index is 4.66. The highest BCUT2D eigenvalue weighted by atomic mass is 32.2. The summed E-state index contributed by atoms with van der Waals surface area (Å²) < 4.78 is 0. The Bertz CT molecular complexity index is 708. The van der Waals surface area contributed by atoms with Gasteiger partial charge >= 0.3 is 0 Å². The lowest BCUT2D eigenvalue weighted by atomic mass is 10.2. The van der Waals surface area contributed by atoms with Gasteiger partial charge in [-0.1, -0.05) is 24.3 Å². The highest BCUT2D eigenvalue weighted by Gasteiger charge is 1.98. The van der Waals surface area contributed by atoms with Gasteiger partial charge in [0.25, 0.3) is 0 Å². The van der Waals surface area contributed by atoms with Gasteiger partial charge in [-0.25, -0.2) is 0 Å². The van der Waals surface area contributed by atoms with E-state index in [0.29, 0.717) is 0 Å². The summed E-state index contributed by atoms with van der Waals surface area (Å²) in [4.78, 5) is 5.93. The van der Waals surface area contributed by atoms with Crippen molar-refractivity contribution in [3.05, 3.63) is 66.4 Å². The number of fused-ring (bicyclic) bond motifs is 1. The summed E-state index contributed by atoms with van der Waals surface area (Å²) in [6.07, 6.45) is 2.08. The van der Waals surface area contributed by atoms with E-state index in [0.717, 1.165) is 23.4 Å². The van der Waals surface area contributed by atoms with Crippen molar-refractivity contribution in [2.24, 2.45) is 0 Å². The fourth-order valence-corrected chi connectivity index (χ4v) is 2.52. The highest BCUT2D eigenvalue weighted by Crippen LogP contribution is 2.18. The van der Waals surface area contributed by atoms with Gasteiger partial charge in [0.15, 0.2) is 0 Å². The summed E-state index contributed by atoms with van der Waals surface area (Å²) in [6, 6.07) is 20.8. The lowest BCUT2D eigenvalue weighted by Crippen LogP contribution is -2.01. The molecule has 0 unspecified atom stereocenters. The Balaban J connectivity index is 1.72. The Morgan fingerprint density at radius 3 is 2.55 bits per heavy atom. The molecule has 0 radical (unpaired) electrons. The largest absolute Gasteiger partial charge is 0.379 e. The molecule has 0 aliphatic carbocycles. The predicted octanol–water partition coefficient (Wildman–Crippen LogP) is 4.57. The van der Waals surface area contributed by atoms with Crippen LogP contribution in [0.3, 0.4) is 0 Å². The van der Waals surface area contributed by atoms with Crippen molar-refractivity contribution in [1.29, 1.82) is 0 Å². The molecule has 0 bridgehead atoms. The zero-order valence-electron chi connectivity index (χ0n) is 11.3. The molecule has 0 atom stereocenters. The number of benzene rings is 2. The standard InChI is InChI=1S/C17H16N2S/c1-20-16-10-8-14(9-11-16)18-12-15-7-6-13-4-2-3-5-17(13)19-15/h2-11,18H,12H2,1H3. The average Bonchev–Trinajstić information content (AvgIpc) is 2.53. The number of anilines is 1. The molecule has 20 heavy (non-hydrogen) atoms. The predicted molar refractivity (Wildman–Crippen MR) is 87.3 cm³/mol. The van der Waals surface area contributed by atoms with Crippen molar-refractivity contribution >= 4 is 28.4 Å². The van der Waals surface area contributed by atoms with Crippen LogP contribution in [-0.2, 0) is 6.54 Å². The summed E-state index contributed by atoms with van der Waals surface area (Å²) in [6.45, 7) is 0.740. The number of hydrogen-bond donors (Lipinski definition) is 1. The first kappa shape index (κ1) is 13.0. The molecule has 0 amide bonds. The zero-order valence-corrected chi connectivity index (χ0v) is 12.2. The Labute approximate surface area is 123 Å². The van der Waals surface area contributed by atoms with E-state index in [2.05, 4.69) is 59.0 Å². The number of hydrogen-bond acceptors (Lipinski definition) is 3. The van der Waals surface area contributed by atoms with E-state index in [-0.39, 0.29) is 0 Å².